The average Bonchev–Trinajstić information content (AvgIpc) is 3.18. The number of nitrogens with zero attached hydrogens (tertiary/aromatic N) is 4. The molecule has 4 aromatic rings. The minimum absolute atomic E-state index is 0.120. The van der Waals surface area contributed by atoms with Crippen LogP contribution in [-0.2, 0) is 5.75 Å². The number of benzene rings is 2. The van der Waals surface area contributed by atoms with Gasteiger partial charge >= 0.3 is 0 Å². The van der Waals surface area contributed by atoms with Gasteiger partial charge in [-0.2, -0.15) is 9.50 Å². The summed E-state index contributed by atoms with van der Waals surface area (Å²) in [6.45, 7) is 5.94. The first-order valence-corrected chi connectivity index (χ1v) is 11.0. The van der Waals surface area contributed by atoms with E-state index in [1.165, 1.54) is 4.52 Å². The number of thioether (sulfide) groups is 1. The number of amides is 1. The van der Waals surface area contributed by atoms with Gasteiger partial charge in [-0.3, -0.25) is 14.3 Å². The van der Waals surface area contributed by atoms with Crippen LogP contribution in [0.3, 0.4) is 0 Å². The summed E-state index contributed by atoms with van der Waals surface area (Å²) >= 11 is 1.57. The molecule has 0 unspecified atom stereocenters. The average molecular weight is 434 g/mol. The van der Waals surface area contributed by atoms with Crippen LogP contribution >= 0.6 is 11.8 Å². The Hall–Kier alpha value is -3.39. The Morgan fingerprint density at radius 3 is 2.61 bits per heavy atom. The lowest BCUT2D eigenvalue weighted by Gasteiger charge is -2.09. The van der Waals surface area contributed by atoms with Crippen LogP contribution in [0, 0.1) is 6.92 Å². The van der Waals surface area contributed by atoms with Crippen molar-refractivity contribution in [3.05, 3.63) is 88.1 Å². The molecule has 4 rings (SSSR count). The van der Waals surface area contributed by atoms with Crippen LogP contribution in [0.5, 0.6) is 0 Å². The van der Waals surface area contributed by atoms with Gasteiger partial charge in [-0.05, 0) is 57.2 Å². The van der Waals surface area contributed by atoms with Crippen molar-refractivity contribution >= 4 is 29.1 Å². The zero-order valence-corrected chi connectivity index (χ0v) is 18.4. The summed E-state index contributed by atoms with van der Waals surface area (Å²) in [6, 6.07) is 16.8. The fourth-order valence-corrected chi connectivity index (χ4v) is 3.98. The first kappa shape index (κ1) is 20.9. The fraction of sp³-hybridized carbons (Fsp3) is 0.217. The third kappa shape index (κ3) is 4.69. The maximum atomic E-state index is 12.5. The molecule has 1 amide bonds. The summed E-state index contributed by atoms with van der Waals surface area (Å²) in [4.78, 5) is 34.6. The Morgan fingerprint density at radius 2 is 1.90 bits per heavy atom. The van der Waals surface area contributed by atoms with E-state index in [9.17, 15) is 9.59 Å². The maximum Gasteiger partial charge on any atom is 0.274 e. The van der Waals surface area contributed by atoms with Crippen molar-refractivity contribution in [3.8, 4) is 0 Å². The predicted octanol–water partition coefficient (Wildman–Crippen LogP) is 4.32. The smallest absolute Gasteiger partial charge is 0.274 e. The minimum Gasteiger partial charge on any atom is -0.322 e. The van der Waals surface area contributed by atoms with Gasteiger partial charge in [-0.25, -0.2) is 4.98 Å². The second-order valence-electron chi connectivity index (χ2n) is 7.55. The number of hydrogen-bond acceptors (Lipinski definition) is 5. The molecule has 0 aliphatic carbocycles. The summed E-state index contributed by atoms with van der Waals surface area (Å²) in [5.74, 6) is 0.823. The van der Waals surface area contributed by atoms with Gasteiger partial charge in [-0.15, -0.1) is 11.8 Å². The molecule has 2 aromatic heterocycles. The predicted molar refractivity (Wildman–Crippen MR) is 123 cm³/mol. The highest BCUT2D eigenvalue weighted by Gasteiger charge is 2.11. The number of rotatable bonds is 6. The topological polar surface area (TPSA) is 81.3 Å². The van der Waals surface area contributed by atoms with Gasteiger partial charge in [0, 0.05) is 34.0 Å². The molecule has 1 N–H and O–H groups in total. The number of fused-ring (bicyclic) bond motifs is 1. The number of carbonyl (C=O) groups is 1. The molecule has 0 spiro atoms. The van der Waals surface area contributed by atoms with E-state index in [-0.39, 0.29) is 17.5 Å². The molecule has 0 radical (unpaired) electrons. The third-order valence-corrected chi connectivity index (χ3v) is 5.81. The normalized spacial score (nSPS) is 11.2. The van der Waals surface area contributed by atoms with Gasteiger partial charge in [0.2, 0.25) is 0 Å². The van der Waals surface area contributed by atoms with E-state index >= 15 is 0 Å². The third-order valence-electron chi connectivity index (χ3n) is 4.76. The van der Waals surface area contributed by atoms with Crippen LogP contribution < -0.4 is 10.9 Å². The number of aromatic nitrogens is 4. The quantitative estimate of drug-likeness (QED) is 0.458. The van der Waals surface area contributed by atoms with Crippen molar-refractivity contribution in [2.24, 2.45) is 0 Å². The maximum absolute atomic E-state index is 12.5. The van der Waals surface area contributed by atoms with Crippen molar-refractivity contribution < 1.29 is 4.79 Å². The highest BCUT2D eigenvalue weighted by molar-refractivity contribution is 7.98. The Balaban J connectivity index is 1.41. The van der Waals surface area contributed by atoms with Crippen molar-refractivity contribution in [1.82, 2.24) is 19.2 Å². The molecule has 0 aliphatic rings. The molecule has 0 bridgehead atoms. The summed E-state index contributed by atoms with van der Waals surface area (Å²) in [5.41, 5.74) is 2.95. The largest absolute Gasteiger partial charge is 0.322 e. The lowest BCUT2D eigenvalue weighted by molar-refractivity contribution is 0.102. The van der Waals surface area contributed by atoms with E-state index in [2.05, 4.69) is 15.3 Å². The van der Waals surface area contributed by atoms with Crippen molar-refractivity contribution in [1.29, 1.82) is 0 Å². The molecule has 8 heteroatoms. The Labute approximate surface area is 184 Å². The van der Waals surface area contributed by atoms with E-state index in [1.54, 1.807) is 34.9 Å². The number of hydrogen-bond donors (Lipinski definition) is 1. The van der Waals surface area contributed by atoms with Crippen molar-refractivity contribution in [2.45, 2.75) is 37.5 Å². The summed E-state index contributed by atoms with van der Waals surface area (Å²) in [5, 5.41) is 2.91. The van der Waals surface area contributed by atoms with Gasteiger partial charge in [0.05, 0.1) is 5.69 Å². The van der Waals surface area contributed by atoms with Gasteiger partial charge in [0.15, 0.2) is 0 Å². The Morgan fingerprint density at radius 1 is 1.13 bits per heavy atom. The lowest BCUT2D eigenvalue weighted by Crippen LogP contribution is -2.22. The number of aryl methyl sites for hydroxylation is 1. The molecular formula is C23H23N5O2S. The number of carbonyl (C=O) groups excluding carboxylic acids is 1. The second-order valence-corrected chi connectivity index (χ2v) is 8.60. The Bertz CT molecular complexity index is 1290. The molecule has 0 fully saturated rings. The van der Waals surface area contributed by atoms with Gasteiger partial charge in [0.1, 0.15) is 6.33 Å². The molecular weight excluding hydrogens is 410 g/mol. The lowest BCUT2D eigenvalue weighted by atomic mass is 10.1. The molecule has 0 saturated heterocycles. The fourth-order valence-electron chi connectivity index (χ4n) is 3.19. The summed E-state index contributed by atoms with van der Waals surface area (Å²) in [6.07, 6.45) is 1.63. The molecule has 158 valence electrons. The van der Waals surface area contributed by atoms with Crippen LogP contribution in [0.4, 0.5) is 5.69 Å². The first-order chi connectivity index (χ1) is 14.9. The van der Waals surface area contributed by atoms with Crippen LogP contribution in [0.2, 0.25) is 0 Å². The summed E-state index contributed by atoms with van der Waals surface area (Å²) < 4.78 is 3.26. The zero-order chi connectivity index (χ0) is 22.0. The molecule has 2 aromatic carbocycles. The SMILES string of the molecule is Cc1cccc(C(=O)Nc2ccc(SCc3cc(=O)n4c(ncn4C(C)C)n3)cc2)c1. The highest BCUT2D eigenvalue weighted by Crippen LogP contribution is 2.24. The molecule has 0 atom stereocenters. The van der Waals surface area contributed by atoms with Gasteiger partial charge < -0.3 is 5.32 Å². The van der Waals surface area contributed by atoms with E-state index in [1.807, 2.05) is 63.2 Å². The van der Waals surface area contributed by atoms with E-state index in [0.29, 0.717) is 22.8 Å². The molecule has 0 saturated carbocycles. The second kappa shape index (κ2) is 8.77. The first-order valence-electron chi connectivity index (χ1n) is 9.97. The van der Waals surface area contributed by atoms with Crippen LogP contribution in [-0.4, -0.2) is 25.1 Å². The molecule has 2 heterocycles. The molecule has 31 heavy (non-hydrogen) atoms. The van der Waals surface area contributed by atoms with Crippen LogP contribution in [0.1, 0.15) is 41.5 Å². The minimum atomic E-state index is -0.138. The zero-order valence-electron chi connectivity index (χ0n) is 17.6. The summed E-state index contributed by atoms with van der Waals surface area (Å²) in [7, 11) is 0. The monoisotopic (exact) mass is 433 g/mol. The Kier molecular flexibility index (Phi) is 5.90. The van der Waals surface area contributed by atoms with E-state index in [4.69, 9.17) is 0 Å². The van der Waals surface area contributed by atoms with Gasteiger partial charge in [-0.1, -0.05) is 17.7 Å². The number of anilines is 1. The van der Waals surface area contributed by atoms with Crippen LogP contribution in [0.15, 0.2) is 70.6 Å². The van der Waals surface area contributed by atoms with Crippen LogP contribution in [0.25, 0.3) is 5.78 Å². The molecule has 0 aliphatic heterocycles. The van der Waals surface area contributed by atoms with Gasteiger partial charge in [0.25, 0.3) is 17.2 Å². The standard InChI is InChI=1S/C23H23N5O2S/c1-15(2)27-14-24-23-26-19(12-21(29)28(23)27)13-31-20-9-7-18(8-10-20)25-22(30)17-6-4-5-16(3)11-17/h4-12,14-15H,13H2,1-3H3,(H,25,30). The van der Waals surface area contributed by atoms with Crippen molar-refractivity contribution in [2.75, 3.05) is 5.32 Å². The van der Waals surface area contributed by atoms with E-state index in [0.717, 1.165) is 16.1 Å². The van der Waals surface area contributed by atoms with E-state index < -0.39 is 0 Å². The number of nitrogens with one attached hydrogen (secondary N) is 1. The van der Waals surface area contributed by atoms with Crippen molar-refractivity contribution in [3.63, 3.8) is 0 Å². The highest BCUT2D eigenvalue weighted by atomic mass is 32.2. The molecule has 7 nitrogen and oxygen atoms in total.